The van der Waals surface area contributed by atoms with Crippen LogP contribution in [0.4, 0.5) is 0 Å². The number of benzene rings is 1. The molecule has 0 aromatic heterocycles. The minimum Gasteiger partial charge on any atom is -0.497 e. The minimum atomic E-state index is -1.16. The third-order valence-electron chi connectivity index (χ3n) is 1.98. The molecule has 0 aliphatic carbocycles. The SMILES string of the molecule is COc1ccc(C(=O)NCC(=O)O)c([C]=O)c1. The van der Waals surface area contributed by atoms with E-state index < -0.39 is 18.4 Å². The maximum atomic E-state index is 11.5. The number of hydrogen-bond acceptors (Lipinski definition) is 4. The van der Waals surface area contributed by atoms with Gasteiger partial charge in [0.15, 0.2) is 0 Å². The van der Waals surface area contributed by atoms with Crippen LogP contribution in [-0.2, 0) is 9.59 Å². The van der Waals surface area contributed by atoms with Gasteiger partial charge in [-0.2, -0.15) is 0 Å². The molecule has 1 aromatic carbocycles. The summed E-state index contributed by atoms with van der Waals surface area (Å²) >= 11 is 0. The molecular formula is C11H10NO5. The molecule has 0 atom stereocenters. The van der Waals surface area contributed by atoms with E-state index in [0.717, 1.165) is 0 Å². The number of amides is 1. The van der Waals surface area contributed by atoms with Crippen LogP contribution in [0.15, 0.2) is 18.2 Å². The Labute approximate surface area is 97.2 Å². The summed E-state index contributed by atoms with van der Waals surface area (Å²) < 4.78 is 4.88. The van der Waals surface area contributed by atoms with Crippen molar-refractivity contribution < 1.29 is 24.2 Å². The number of methoxy groups -OCH3 is 1. The van der Waals surface area contributed by atoms with Gasteiger partial charge in [0.05, 0.1) is 12.7 Å². The topological polar surface area (TPSA) is 92.7 Å². The van der Waals surface area contributed by atoms with Gasteiger partial charge in [0.2, 0.25) is 6.29 Å². The lowest BCUT2D eigenvalue weighted by Gasteiger charge is -2.06. The zero-order chi connectivity index (χ0) is 12.8. The Hall–Kier alpha value is -2.37. The van der Waals surface area contributed by atoms with E-state index >= 15 is 0 Å². The van der Waals surface area contributed by atoms with Crippen LogP contribution in [0.5, 0.6) is 5.75 Å². The first-order chi connectivity index (χ1) is 8.08. The lowest BCUT2D eigenvalue weighted by atomic mass is 10.1. The third kappa shape index (κ3) is 3.30. The highest BCUT2D eigenvalue weighted by Gasteiger charge is 2.13. The van der Waals surface area contributed by atoms with Crippen molar-refractivity contribution in [3.05, 3.63) is 29.3 Å². The Morgan fingerprint density at radius 1 is 1.47 bits per heavy atom. The largest absolute Gasteiger partial charge is 0.497 e. The molecule has 1 radical (unpaired) electrons. The molecule has 17 heavy (non-hydrogen) atoms. The summed E-state index contributed by atoms with van der Waals surface area (Å²) in [5.41, 5.74) is 0.0780. The predicted octanol–water partition coefficient (Wildman–Crippen LogP) is -0.0326. The van der Waals surface area contributed by atoms with Gasteiger partial charge in [-0.25, -0.2) is 0 Å². The van der Waals surface area contributed by atoms with Crippen molar-refractivity contribution in [2.45, 2.75) is 0 Å². The average Bonchev–Trinajstić information content (AvgIpc) is 2.34. The van der Waals surface area contributed by atoms with Gasteiger partial charge in [-0.1, -0.05) is 0 Å². The smallest absolute Gasteiger partial charge is 0.322 e. The van der Waals surface area contributed by atoms with Gasteiger partial charge in [0.1, 0.15) is 12.3 Å². The predicted molar refractivity (Wildman–Crippen MR) is 57.8 cm³/mol. The molecule has 0 heterocycles. The standard InChI is InChI=1S/C11H10NO5/c1-17-8-2-3-9(7(4-8)6-13)11(16)12-5-10(14)15/h2-4H,5H2,1H3,(H,12,16)(H,14,15). The lowest BCUT2D eigenvalue weighted by molar-refractivity contribution is -0.135. The number of hydrogen-bond donors (Lipinski definition) is 2. The summed E-state index contributed by atoms with van der Waals surface area (Å²) in [6, 6.07) is 4.22. The highest BCUT2D eigenvalue weighted by Crippen LogP contribution is 2.16. The van der Waals surface area contributed by atoms with Crippen LogP contribution in [0.25, 0.3) is 0 Å². The van der Waals surface area contributed by atoms with Gasteiger partial charge in [0, 0.05) is 5.56 Å². The molecule has 0 saturated carbocycles. The Morgan fingerprint density at radius 3 is 2.71 bits per heavy atom. The van der Waals surface area contributed by atoms with Crippen LogP contribution in [0.3, 0.4) is 0 Å². The van der Waals surface area contributed by atoms with Crippen LogP contribution < -0.4 is 10.1 Å². The van der Waals surface area contributed by atoms with Crippen molar-refractivity contribution in [2.75, 3.05) is 13.7 Å². The molecule has 6 heteroatoms. The molecule has 2 N–H and O–H groups in total. The van der Waals surface area contributed by atoms with Crippen LogP contribution in [0, 0.1) is 0 Å². The van der Waals surface area contributed by atoms with Gasteiger partial charge in [-0.3, -0.25) is 14.4 Å². The fourth-order valence-corrected chi connectivity index (χ4v) is 1.18. The molecule has 1 aromatic rings. The number of ether oxygens (including phenoxy) is 1. The van der Waals surface area contributed by atoms with Crippen LogP contribution in [0.1, 0.15) is 15.9 Å². The molecule has 0 aliphatic rings. The van der Waals surface area contributed by atoms with Gasteiger partial charge < -0.3 is 15.2 Å². The van der Waals surface area contributed by atoms with Crippen molar-refractivity contribution >= 4 is 18.2 Å². The molecule has 1 rings (SSSR count). The maximum absolute atomic E-state index is 11.5. The molecule has 0 bridgehead atoms. The van der Waals surface area contributed by atoms with Crippen molar-refractivity contribution in [2.24, 2.45) is 0 Å². The Morgan fingerprint density at radius 2 is 2.18 bits per heavy atom. The monoisotopic (exact) mass is 236 g/mol. The van der Waals surface area contributed by atoms with E-state index in [9.17, 15) is 14.4 Å². The number of aliphatic carboxylic acids is 1. The normalized spacial score (nSPS) is 9.47. The highest BCUT2D eigenvalue weighted by molar-refractivity contribution is 6.02. The molecule has 1 amide bonds. The summed E-state index contributed by atoms with van der Waals surface area (Å²) in [6.45, 7) is -0.511. The summed E-state index contributed by atoms with van der Waals surface area (Å²) in [5.74, 6) is -1.39. The second kappa shape index (κ2) is 5.64. The molecular weight excluding hydrogens is 226 g/mol. The Bertz CT molecular complexity index is 455. The van der Waals surface area contributed by atoms with E-state index in [4.69, 9.17) is 9.84 Å². The second-order valence-corrected chi connectivity index (χ2v) is 3.09. The van der Waals surface area contributed by atoms with Crippen molar-refractivity contribution in [1.82, 2.24) is 5.32 Å². The van der Waals surface area contributed by atoms with Gasteiger partial charge in [-0.05, 0) is 18.2 Å². The van der Waals surface area contributed by atoms with E-state index in [1.807, 2.05) is 0 Å². The summed E-state index contributed by atoms with van der Waals surface area (Å²) in [5, 5.41) is 10.6. The number of carbonyl (C=O) groups excluding carboxylic acids is 2. The summed E-state index contributed by atoms with van der Waals surface area (Å²) in [7, 11) is 1.42. The minimum absolute atomic E-state index is 0.0206. The van der Waals surface area contributed by atoms with Crippen molar-refractivity contribution in [3.8, 4) is 5.75 Å². The number of nitrogens with one attached hydrogen (secondary N) is 1. The van der Waals surface area contributed by atoms with E-state index in [0.29, 0.717) is 5.75 Å². The molecule has 6 nitrogen and oxygen atoms in total. The fraction of sp³-hybridized carbons (Fsp3) is 0.182. The zero-order valence-corrected chi connectivity index (χ0v) is 9.02. The van der Waals surface area contributed by atoms with Crippen LogP contribution >= 0.6 is 0 Å². The molecule has 0 spiro atoms. The highest BCUT2D eigenvalue weighted by atomic mass is 16.5. The maximum Gasteiger partial charge on any atom is 0.322 e. The van der Waals surface area contributed by atoms with Crippen molar-refractivity contribution in [3.63, 3.8) is 0 Å². The molecule has 0 fully saturated rings. The van der Waals surface area contributed by atoms with Gasteiger partial charge >= 0.3 is 5.97 Å². The van der Waals surface area contributed by atoms with Gasteiger partial charge in [0.25, 0.3) is 5.91 Å². The molecule has 0 saturated heterocycles. The molecule has 0 aliphatic heterocycles. The van der Waals surface area contributed by atoms with Crippen LogP contribution in [-0.4, -0.2) is 36.9 Å². The summed E-state index contributed by atoms with van der Waals surface area (Å²) in [6.07, 6.45) is 1.60. The fourth-order valence-electron chi connectivity index (χ4n) is 1.18. The number of carboxylic acids is 1. The van der Waals surface area contributed by atoms with E-state index in [2.05, 4.69) is 5.32 Å². The Kier molecular flexibility index (Phi) is 4.21. The second-order valence-electron chi connectivity index (χ2n) is 3.09. The number of carboxylic acid groups (broad SMARTS) is 1. The first-order valence-corrected chi connectivity index (χ1v) is 4.64. The molecule has 89 valence electrons. The quantitative estimate of drug-likeness (QED) is 0.748. The number of carbonyl (C=O) groups is 2. The average molecular weight is 236 g/mol. The third-order valence-corrected chi connectivity index (χ3v) is 1.98. The number of rotatable bonds is 5. The lowest BCUT2D eigenvalue weighted by Crippen LogP contribution is -2.29. The van der Waals surface area contributed by atoms with E-state index in [1.54, 1.807) is 6.29 Å². The first kappa shape index (κ1) is 12.7. The first-order valence-electron chi connectivity index (χ1n) is 4.64. The van der Waals surface area contributed by atoms with Crippen molar-refractivity contribution in [1.29, 1.82) is 0 Å². The zero-order valence-electron chi connectivity index (χ0n) is 9.02. The van der Waals surface area contributed by atoms with E-state index in [1.165, 1.54) is 25.3 Å². The van der Waals surface area contributed by atoms with E-state index in [-0.39, 0.29) is 11.1 Å². The van der Waals surface area contributed by atoms with Crippen LogP contribution in [0.2, 0.25) is 0 Å². The Balaban J connectivity index is 2.93. The molecule has 0 unspecified atom stereocenters. The summed E-state index contributed by atoms with van der Waals surface area (Å²) in [4.78, 5) is 32.5. The van der Waals surface area contributed by atoms with Gasteiger partial charge in [-0.15, -0.1) is 0 Å².